The predicted molar refractivity (Wildman–Crippen MR) is 131 cm³/mol. The van der Waals surface area contributed by atoms with Crippen molar-refractivity contribution in [1.82, 2.24) is 35.4 Å². The lowest BCUT2D eigenvalue weighted by Crippen LogP contribution is -2.05. The number of benzene rings is 3. The number of nitrogens with one attached hydrogen (secondary N) is 1. The van der Waals surface area contributed by atoms with Gasteiger partial charge in [-0.25, -0.2) is 9.67 Å². The first kappa shape index (κ1) is 21.3. The Labute approximate surface area is 197 Å². The van der Waals surface area contributed by atoms with Crippen molar-refractivity contribution in [3.05, 3.63) is 102 Å². The van der Waals surface area contributed by atoms with Gasteiger partial charge < -0.3 is 0 Å². The molecule has 34 heavy (non-hydrogen) atoms. The third-order valence-corrected chi connectivity index (χ3v) is 5.41. The van der Waals surface area contributed by atoms with E-state index in [1.165, 1.54) is 5.56 Å². The van der Waals surface area contributed by atoms with Crippen molar-refractivity contribution in [3.63, 3.8) is 0 Å². The number of hydrogen-bond donors (Lipinski definition) is 1. The van der Waals surface area contributed by atoms with Gasteiger partial charge in [-0.2, -0.15) is 10.3 Å². The number of aromatic nitrogens is 7. The molecule has 0 unspecified atom stereocenters. The highest BCUT2D eigenvalue weighted by Crippen LogP contribution is 2.29. The highest BCUT2D eigenvalue weighted by Gasteiger charge is 2.12. The molecule has 0 saturated carbocycles. The molecule has 7 nitrogen and oxygen atoms in total. The van der Waals surface area contributed by atoms with E-state index in [-0.39, 0.29) is 0 Å². The molecule has 5 rings (SSSR count). The molecule has 0 bridgehead atoms. The van der Waals surface area contributed by atoms with Crippen LogP contribution in [0.1, 0.15) is 36.1 Å². The van der Waals surface area contributed by atoms with Crippen molar-refractivity contribution >= 4 is 0 Å². The van der Waals surface area contributed by atoms with Gasteiger partial charge in [-0.05, 0) is 33.4 Å². The van der Waals surface area contributed by atoms with Crippen LogP contribution in [0.4, 0.5) is 0 Å². The highest BCUT2D eigenvalue weighted by molar-refractivity contribution is 5.80. The molecule has 166 valence electrons. The summed E-state index contributed by atoms with van der Waals surface area (Å²) in [5.41, 5.74) is 5.37. The van der Waals surface area contributed by atoms with Gasteiger partial charge in [0.15, 0.2) is 5.82 Å². The van der Waals surface area contributed by atoms with Crippen LogP contribution in [-0.4, -0.2) is 35.4 Å². The SMILES string of the molecule is CCC#Cc1nc(Cc2ccccc2)nn1Cc1ccc(-c2ccccc2-c2nn[nH]n2)cc1. The van der Waals surface area contributed by atoms with Crippen LogP contribution in [0, 0.1) is 11.8 Å². The summed E-state index contributed by atoms with van der Waals surface area (Å²) in [5, 5.41) is 19.2. The Bertz CT molecular complexity index is 1420. The van der Waals surface area contributed by atoms with Gasteiger partial charge in [0.1, 0.15) is 0 Å². The molecule has 0 aliphatic heterocycles. The Hall–Kier alpha value is -4.57. The minimum atomic E-state index is 0.576. The number of rotatable bonds is 6. The Kier molecular flexibility index (Phi) is 6.21. The molecule has 2 aromatic heterocycles. The van der Waals surface area contributed by atoms with Crippen LogP contribution in [0.3, 0.4) is 0 Å². The molecule has 0 aliphatic carbocycles. The van der Waals surface area contributed by atoms with E-state index in [1.54, 1.807) is 0 Å². The van der Waals surface area contributed by atoms with E-state index in [1.807, 2.05) is 48.0 Å². The van der Waals surface area contributed by atoms with Crippen molar-refractivity contribution in [2.75, 3.05) is 0 Å². The number of H-pyrrole nitrogens is 1. The summed E-state index contributed by atoms with van der Waals surface area (Å²) in [6, 6.07) is 26.7. The lowest BCUT2D eigenvalue weighted by Gasteiger charge is -2.08. The van der Waals surface area contributed by atoms with Crippen LogP contribution in [0.15, 0.2) is 78.9 Å². The topological polar surface area (TPSA) is 85.2 Å². The second kappa shape index (κ2) is 9.92. The quantitative estimate of drug-likeness (QED) is 0.388. The zero-order valence-corrected chi connectivity index (χ0v) is 18.8. The zero-order chi connectivity index (χ0) is 23.2. The van der Waals surface area contributed by atoms with Crippen molar-refractivity contribution < 1.29 is 0 Å². The summed E-state index contributed by atoms with van der Waals surface area (Å²) in [5.74, 6) is 8.34. The molecular formula is C27H23N7. The monoisotopic (exact) mass is 445 g/mol. The molecule has 2 heterocycles. The second-order valence-corrected chi connectivity index (χ2v) is 7.80. The Balaban J connectivity index is 1.40. The van der Waals surface area contributed by atoms with E-state index < -0.39 is 0 Å². The molecule has 1 N–H and O–H groups in total. The van der Waals surface area contributed by atoms with Crippen molar-refractivity contribution in [3.8, 4) is 34.4 Å². The molecule has 7 heteroatoms. The molecule has 0 amide bonds. The normalized spacial score (nSPS) is 10.6. The lowest BCUT2D eigenvalue weighted by atomic mass is 9.98. The summed E-state index contributed by atoms with van der Waals surface area (Å²) in [6.07, 6.45) is 1.45. The van der Waals surface area contributed by atoms with E-state index in [0.29, 0.717) is 24.6 Å². The summed E-state index contributed by atoms with van der Waals surface area (Å²) < 4.78 is 1.89. The van der Waals surface area contributed by atoms with Gasteiger partial charge in [0.2, 0.25) is 11.6 Å². The van der Waals surface area contributed by atoms with Crippen LogP contribution in [0.2, 0.25) is 0 Å². The Morgan fingerprint density at radius 3 is 2.35 bits per heavy atom. The molecular weight excluding hydrogens is 422 g/mol. The van der Waals surface area contributed by atoms with Crippen molar-refractivity contribution in [1.29, 1.82) is 0 Å². The van der Waals surface area contributed by atoms with E-state index in [4.69, 9.17) is 10.1 Å². The fraction of sp³-hybridized carbons (Fsp3) is 0.148. The third kappa shape index (κ3) is 4.76. The maximum absolute atomic E-state index is 4.76. The summed E-state index contributed by atoms with van der Waals surface area (Å²) in [7, 11) is 0. The Morgan fingerprint density at radius 1 is 0.853 bits per heavy atom. The largest absolute Gasteiger partial charge is 0.234 e. The summed E-state index contributed by atoms with van der Waals surface area (Å²) >= 11 is 0. The van der Waals surface area contributed by atoms with Gasteiger partial charge in [-0.1, -0.05) is 91.7 Å². The maximum Gasteiger partial charge on any atom is 0.205 e. The van der Waals surface area contributed by atoms with E-state index in [9.17, 15) is 0 Å². The van der Waals surface area contributed by atoms with Gasteiger partial charge in [0.05, 0.1) is 6.54 Å². The molecule has 0 radical (unpaired) electrons. The summed E-state index contributed by atoms with van der Waals surface area (Å²) in [6.45, 7) is 2.63. The highest BCUT2D eigenvalue weighted by atomic mass is 15.5. The fourth-order valence-corrected chi connectivity index (χ4v) is 3.78. The predicted octanol–water partition coefficient (Wildman–Crippen LogP) is 4.53. The minimum absolute atomic E-state index is 0.576. The number of aromatic amines is 1. The van der Waals surface area contributed by atoms with Gasteiger partial charge in [-0.15, -0.1) is 10.2 Å². The van der Waals surface area contributed by atoms with Gasteiger partial charge in [0, 0.05) is 18.4 Å². The minimum Gasteiger partial charge on any atom is -0.234 e. The fourth-order valence-electron chi connectivity index (χ4n) is 3.78. The molecule has 5 aromatic rings. The Morgan fingerprint density at radius 2 is 1.62 bits per heavy atom. The average Bonchev–Trinajstić information content (AvgIpc) is 3.54. The summed E-state index contributed by atoms with van der Waals surface area (Å²) in [4.78, 5) is 4.70. The molecule has 0 fully saturated rings. The maximum atomic E-state index is 4.76. The number of tetrazole rings is 1. The lowest BCUT2D eigenvalue weighted by molar-refractivity contribution is 0.667. The van der Waals surface area contributed by atoms with Crippen LogP contribution >= 0.6 is 0 Å². The van der Waals surface area contributed by atoms with E-state index in [0.717, 1.165) is 34.5 Å². The van der Waals surface area contributed by atoms with Gasteiger partial charge in [0.25, 0.3) is 0 Å². The first-order chi connectivity index (χ1) is 16.8. The number of hydrogen-bond acceptors (Lipinski definition) is 5. The van der Waals surface area contributed by atoms with Crippen molar-refractivity contribution in [2.45, 2.75) is 26.3 Å². The standard InChI is InChI=1S/C27H23N7/c1-2-3-13-26-28-25(18-20-9-5-4-6-10-20)31-34(26)19-21-14-16-22(17-15-21)23-11-7-8-12-24(23)27-29-32-33-30-27/h4-12,14-17H,2,18-19H2,1H3,(H,29,30,32,33). The first-order valence-electron chi connectivity index (χ1n) is 11.2. The third-order valence-electron chi connectivity index (χ3n) is 5.41. The van der Waals surface area contributed by atoms with E-state index >= 15 is 0 Å². The molecule has 0 spiro atoms. The van der Waals surface area contributed by atoms with Crippen LogP contribution in [0.25, 0.3) is 22.5 Å². The first-order valence-corrected chi connectivity index (χ1v) is 11.2. The van der Waals surface area contributed by atoms with Gasteiger partial charge in [-0.3, -0.25) is 0 Å². The molecule has 0 atom stereocenters. The zero-order valence-electron chi connectivity index (χ0n) is 18.8. The molecule has 0 saturated heterocycles. The van der Waals surface area contributed by atoms with Crippen molar-refractivity contribution in [2.24, 2.45) is 0 Å². The average molecular weight is 446 g/mol. The van der Waals surface area contributed by atoms with Crippen LogP contribution in [0.5, 0.6) is 0 Å². The second-order valence-electron chi connectivity index (χ2n) is 7.80. The molecule has 3 aromatic carbocycles. The van der Waals surface area contributed by atoms with Crippen LogP contribution in [-0.2, 0) is 13.0 Å². The van der Waals surface area contributed by atoms with E-state index in [2.05, 4.69) is 74.9 Å². The van der Waals surface area contributed by atoms with Gasteiger partial charge >= 0.3 is 0 Å². The smallest absolute Gasteiger partial charge is 0.205 e. The number of nitrogens with zero attached hydrogens (tertiary/aromatic N) is 6. The van der Waals surface area contributed by atoms with Crippen LogP contribution < -0.4 is 0 Å². The molecule has 0 aliphatic rings.